The third-order valence-electron chi connectivity index (χ3n) is 2.61. The van der Waals surface area contributed by atoms with Crippen molar-refractivity contribution in [2.24, 2.45) is 5.73 Å². The van der Waals surface area contributed by atoms with Gasteiger partial charge in [0.1, 0.15) is 11.5 Å². The summed E-state index contributed by atoms with van der Waals surface area (Å²) < 4.78 is 24.6. The van der Waals surface area contributed by atoms with Crippen LogP contribution < -0.4 is 10.5 Å². The predicted molar refractivity (Wildman–Crippen MR) is 66.9 cm³/mol. The summed E-state index contributed by atoms with van der Waals surface area (Å²) in [6.07, 6.45) is -0.504. The lowest BCUT2D eigenvalue weighted by Gasteiger charge is -2.20. The normalized spacial score (nSPS) is 14.2. The lowest BCUT2D eigenvalue weighted by molar-refractivity contribution is 0.145. The van der Waals surface area contributed by atoms with E-state index in [1.807, 2.05) is 13.0 Å². The van der Waals surface area contributed by atoms with Crippen molar-refractivity contribution in [1.29, 1.82) is 0 Å². The molecule has 1 aromatic heterocycles. The molecule has 2 rings (SSSR count). The Morgan fingerprint density at radius 2 is 1.94 bits per heavy atom. The molecule has 2 atom stereocenters. The van der Waals surface area contributed by atoms with Crippen LogP contribution in [0.25, 0.3) is 0 Å². The van der Waals surface area contributed by atoms with Crippen LogP contribution in [-0.2, 0) is 0 Å². The number of hydrogen-bond acceptors (Lipinski definition) is 3. The van der Waals surface area contributed by atoms with Crippen LogP contribution in [0.5, 0.6) is 5.75 Å². The van der Waals surface area contributed by atoms with Gasteiger partial charge in [0.15, 0.2) is 17.7 Å². The predicted octanol–water partition coefficient (Wildman–Crippen LogP) is 3.19. The molecule has 1 heterocycles. The Morgan fingerprint density at radius 3 is 2.50 bits per heavy atom. The van der Waals surface area contributed by atoms with Crippen LogP contribution in [0.1, 0.15) is 24.5 Å². The molecule has 2 unspecified atom stereocenters. The minimum absolute atomic E-state index is 0.175. The highest BCUT2D eigenvalue weighted by atomic mass is 19.1. The van der Waals surface area contributed by atoms with Gasteiger partial charge in [0.2, 0.25) is 0 Å². The van der Waals surface area contributed by atoms with Gasteiger partial charge in [-0.1, -0.05) is 12.1 Å². The van der Waals surface area contributed by atoms with Gasteiger partial charge in [-0.3, -0.25) is 0 Å². The van der Waals surface area contributed by atoms with E-state index < -0.39 is 11.9 Å². The van der Waals surface area contributed by atoms with Crippen LogP contribution >= 0.6 is 0 Å². The summed E-state index contributed by atoms with van der Waals surface area (Å²) in [7, 11) is 0. The number of hydrogen-bond donors (Lipinski definition) is 1. The highest BCUT2D eigenvalue weighted by molar-refractivity contribution is 5.25. The van der Waals surface area contributed by atoms with E-state index in [0.29, 0.717) is 5.76 Å². The van der Waals surface area contributed by atoms with Gasteiger partial charge in [0, 0.05) is 6.04 Å². The summed E-state index contributed by atoms with van der Waals surface area (Å²) in [5.41, 5.74) is 5.87. The summed E-state index contributed by atoms with van der Waals surface area (Å²) in [6, 6.07) is 9.56. The van der Waals surface area contributed by atoms with E-state index in [1.54, 1.807) is 31.2 Å². The van der Waals surface area contributed by atoms with Crippen molar-refractivity contribution in [2.45, 2.75) is 26.0 Å². The van der Waals surface area contributed by atoms with E-state index in [0.717, 1.165) is 5.76 Å². The molecule has 0 aliphatic carbocycles. The summed E-state index contributed by atoms with van der Waals surface area (Å²) in [4.78, 5) is 0. The van der Waals surface area contributed by atoms with Gasteiger partial charge in [-0.05, 0) is 38.1 Å². The van der Waals surface area contributed by atoms with Crippen LogP contribution in [0.3, 0.4) is 0 Å². The van der Waals surface area contributed by atoms with E-state index in [1.165, 1.54) is 6.07 Å². The van der Waals surface area contributed by atoms with Crippen molar-refractivity contribution >= 4 is 0 Å². The Balaban J connectivity index is 2.25. The van der Waals surface area contributed by atoms with E-state index in [2.05, 4.69) is 0 Å². The first-order chi connectivity index (χ1) is 8.58. The number of benzene rings is 1. The maximum absolute atomic E-state index is 13.5. The van der Waals surface area contributed by atoms with Gasteiger partial charge in [0.05, 0.1) is 0 Å². The Morgan fingerprint density at radius 1 is 1.22 bits per heavy atom. The highest BCUT2D eigenvalue weighted by Gasteiger charge is 2.22. The third kappa shape index (κ3) is 2.71. The molecule has 18 heavy (non-hydrogen) atoms. The third-order valence-corrected chi connectivity index (χ3v) is 2.61. The largest absolute Gasteiger partial charge is 0.478 e. The van der Waals surface area contributed by atoms with Crippen LogP contribution in [0.4, 0.5) is 4.39 Å². The van der Waals surface area contributed by atoms with Crippen LogP contribution in [-0.4, -0.2) is 6.04 Å². The van der Waals surface area contributed by atoms with Crippen LogP contribution in [0, 0.1) is 12.7 Å². The number of aryl methyl sites for hydroxylation is 1. The molecule has 0 amide bonds. The Kier molecular flexibility index (Phi) is 3.67. The van der Waals surface area contributed by atoms with Gasteiger partial charge in [-0.25, -0.2) is 4.39 Å². The zero-order chi connectivity index (χ0) is 13.1. The molecular weight excluding hydrogens is 233 g/mol. The monoisotopic (exact) mass is 249 g/mol. The molecule has 3 nitrogen and oxygen atoms in total. The van der Waals surface area contributed by atoms with Gasteiger partial charge in [-0.2, -0.15) is 0 Å². The number of rotatable bonds is 4. The second kappa shape index (κ2) is 5.23. The average Bonchev–Trinajstić information content (AvgIpc) is 2.74. The number of ether oxygens (including phenoxy) is 1. The molecule has 0 spiro atoms. The van der Waals surface area contributed by atoms with Crippen molar-refractivity contribution in [3.8, 4) is 5.75 Å². The lowest BCUT2D eigenvalue weighted by atomic mass is 10.1. The summed E-state index contributed by atoms with van der Waals surface area (Å²) in [6.45, 7) is 3.63. The van der Waals surface area contributed by atoms with Crippen molar-refractivity contribution in [3.63, 3.8) is 0 Å². The first kappa shape index (κ1) is 12.6. The molecule has 1 aromatic carbocycles. The SMILES string of the molecule is Cc1ccc(C(Oc2ccccc2F)C(C)N)o1. The van der Waals surface area contributed by atoms with Crippen molar-refractivity contribution in [3.05, 3.63) is 53.7 Å². The van der Waals surface area contributed by atoms with Gasteiger partial charge in [-0.15, -0.1) is 0 Å². The zero-order valence-corrected chi connectivity index (χ0v) is 10.4. The van der Waals surface area contributed by atoms with E-state index in [9.17, 15) is 4.39 Å². The fourth-order valence-corrected chi connectivity index (χ4v) is 1.71. The molecule has 0 fully saturated rings. The minimum atomic E-state index is -0.504. The standard InChI is InChI=1S/C14H16FNO2/c1-9-7-8-13(17-9)14(10(2)16)18-12-6-4-3-5-11(12)15/h3-8,10,14H,16H2,1-2H3. The van der Waals surface area contributed by atoms with Gasteiger partial charge >= 0.3 is 0 Å². The minimum Gasteiger partial charge on any atom is -0.478 e. The summed E-state index contributed by atoms with van der Waals surface area (Å²) >= 11 is 0. The average molecular weight is 249 g/mol. The summed E-state index contributed by atoms with van der Waals surface area (Å²) in [5, 5.41) is 0. The van der Waals surface area contributed by atoms with Crippen molar-refractivity contribution < 1.29 is 13.5 Å². The number of para-hydroxylation sites is 1. The van der Waals surface area contributed by atoms with E-state index in [-0.39, 0.29) is 11.8 Å². The molecule has 0 aliphatic rings. The second-order valence-electron chi connectivity index (χ2n) is 4.28. The van der Waals surface area contributed by atoms with Crippen molar-refractivity contribution in [1.82, 2.24) is 0 Å². The van der Waals surface area contributed by atoms with E-state index in [4.69, 9.17) is 14.9 Å². The van der Waals surface area contributed by atoms with Gasteiger partial charge in [0.25, 0.3) is 0 Å². The van der Waals surface area contributed by atoms with Crippen molar-refractivity contribution in [2.75, 3.05) is 0 Å². The highest BCUT2D eigenvalue weighted by Crippen LogP contribution is 2.27. The topological polar surface area (TPSA) is 48.4 Å². The first-order valence-electron chi connectivity index (χ1n) is 5.81. The molecule has 2 aromatic rings. The quantitative estimate of drug-likeness (QED) is 0.905. The molecular formula is C14H16FNO2. The Bertz CT molecular complexity index is 522. The Labute approximate surface area is 105 Å². The van der Waals surface area contributed by atoms with E-state index >= 15 is 0 Å². The molecule has 4 heteroatoms. The summed E-state index contributed by atoms with van der Waals surface area (Å²) in [5.74, 6) is 1.14. The number of nitrogens with two attached hydrogens (primary N) is 1. The molecule has 0 radical (unpaired) electrons. The smallest absolute Gasteiger partial charge is 0.171 e. The molecule has 0 aliphatic heterocycles. The van der Waals surface area contributed by atoms with Crippen LogP contribution in [0.2, 0.25) is 0 Å². The second-order valence-corrected chi connectivity index (χ2v) is 4.28. The molecule has 0 saturated heterocycles. The maximum atomic E-state index is 13.5. The lowest BCUT2D eigenvalue weighted by Crippen LogP contribution is -2.29. The molecule has 96 valence electrons. The zero-order valence-electron chi connectivity index (χ0n) is 10.4. The van der Waals surface area contributed by atoms with Gasteiger partial charge < -0.3 is 14.9 Å². The first-order valence-corrected chi connectivity index (χ1v) is 5.81. The van der Waals surface area contributed by atoms with Crippen LogP contribution in [0.15, 0.2) is 40.8 Å². The molecule has 0 bridgehead atoms. The maximum Gasteiger partial charge on any atom is 0.171 e. The number of furan rings is 1. The number of halogens is 1. The fourth-order valence-electron chi connectivity index (χ4n) is 1.71. The Hall–Kier alpha value is -1.81. The molecule has 2 N–H and O–H groups in total. The molecule has 0 saturated carbocycles. The fraction of sp³-hybridized carbons (Fsp3) is 0.286.